The van der Waals surface area contributed by atoms with Crippen molar-refractivity contribution in [2.24, 2.45) is 0 Å². The summed E-state index contributed by atoms with van der Waals surface area (Å²) < 4.78 is 37.9. The molecule has 0 aliphatic carbocycles. The molecule has 0 aliphatic rings. The van der Waals surface area contributed by atoms with Crippen LogP contribution < -0.4 is 9.46 Å². The number of methoxy groups -OCH3 is 2. The van der Waals surface area contributed by atoms with Crippen molar-refractivity contribution in [3.63, 3.8) is 0 Å². The van der Waals surface area contributed by atoms with Crippen LogP contribution in [0.25, 0.3) is 11.3 Å². The lowest BCUT2D eigenvalue weighted by Crippen LogP contribution is -2.14. The number of esters is 1. The Morgan fingerprint density at radius 1 is 1.07 bits per heavy atom. The van der Waals surface area contributed by atoms with Gasteiger partial charge < -0.3 is 9.47 Å². The molecule has 152 valence electrons. The van der Waals surface area contributed by atoms with Crippen LogP contribution in [0.2, 0.25) is 0 Å². The number of hydrogen-bond acceptors (Lipinski definition) is 7. The third-order valence-electron chi connectivity index (χ3n) is 4.18. The summed E-state index contributed by atoms with van der Waals surface area (Å²) in [5.74, 6) is -0.455. The fourth-order valence-corrected chi connectivity index (χ4v) is 3.79. The molecule has 9 heteroatoms. The molecule has 8 nitrogen and oxygen atoms in total. The quantitative estimate of drug-likeness (QED) is 0.605. The van der Waals surface area contributed by atoms with Crippen LogP contribution in [0.5, 0.6) is 5.88 Å². The molecule has 3 rings (SSSR count). The first-order valence-electron chi connectivity index (χ1n) is 8.65. The van der Waals surface area contributed by atoms with Gasteiger partial charge in [-0.3, -0.25) is 4.72 Å². The molecule has 0 spiro atoms. The number of carbonyl (C=O) groups is 1. The van der Waals surface area contributed by atoms with Crippen molar-refractivity contribution in [3.05, 3.63) is 71.8 Å². The Kier molecular flexibility index (Phi) is 5.99. The number of sulfonamides is 1. The Balaban J connectivity index is 2.12. The number of nitrogens with one attached hydrogen (secondary N) is 1. The zero-order valence-corrected chi connectivity index (χ0v) is 16.9. The molecule has 3 aromatic rings. The minimum atomic E-state index is -3.93. The maximum atomic E-state index is 12.8. The molecule has 0 unspecified atom stereocenters. The summed E-state index contributed by atoms with van der Waals surface area (Å²) in [5.41, 5.74) is 1.24. The van der Waals surface area contributed by atoms with Gasteiger partial charge in [-0.2, -0.15) is 5.26 Å². The lowest BCUT2D eigenvalue weighted by atomic mass is 10.1. The second-order valence-electron chi connectivity index (χ2n) is 6.04. The molecule has 1 N–H and O–H groups in total. The molecular weight excluding hydrogens is 406 g/mol. The Labute approximate surface area is 173 Å². The lowest BCUT2D eigenvalue weighted by Gasteiger charge is -2.14. The van der Waals surface area contributed by atoms with E-state index in [9.17, 15) is 18.5 Å². The number of benzene rings is 2. The summed E-state index contributed by atoms with van der Waals surface area (Å²) in [6.45, 7) is 0. The molecule has 0 saturated carbocycles. The summed E-state index contributed by atoms with van der Waals surface area (Å²) in [6.07, 6.45) is 0. The van der Waals surface area contributed by atoms with Crippen LogP contribution in [0.1, 0.15) is 15.9 Å². The zero-order chi connectivity index (χ0) is 21.7. The van der Waals surface area contributed by atoms with Crippen LogP contribution in [0, 0.1) is 11.3 Å². The van der Waals surface area contributed by atoms with E-state index in [1.165, 1.54) is 44.6 Å². The number of nitriles is 1. The molecule has 30 heavy (non-hydrogen) atoms. The van der Waals surface area contributed by atoms with Crippen LogP contribution in [0.15, 0.2) is 65.6 Å². The zero-order valence-electron chi connectivity index (χ0n) is 16.1. The second-order valence-corrected chi connectivity index (χ2v) is 7.72. The first-order valence-corrected chi connectivity index (χ1v) is 10.1. The monoisotopic (exact) mass is 423 g/mol. The maximum Gasteiger partial charge on any atom is 0.337 e. The van der Waals surface area contributed by atoms with E-state index in [4.69, 9.17) is 4.74 Å². The van der Waals surface area contributed by atoms with Crippen LogP contribution in [0.3, 0.4) is 0 Å². The highest BCUT2D eigenvalue weighted by Crippen LogP contribution is 2.32. The van der Waals surface area contributed by atoms with Crippen molar-refractivity contribution in [1.29, 1.82) is 5.26 Å². The van der Waals surface area contributed by atoms with E-state index in [1.54, 1.807) is 30.3 Å². The predicted molar refractivity (Wildman–Crippen MR) is 110 cm³/mol. The Bertz CT molecular complexity index is 1220. The van der Waals surface area contributed by atoms with Gasteiger partial charge in [0, 0.05) is 5.56 Å². The number of aromatic nitrogens is 1. The first kappa shape index (κ1) is 20.8. The van der Waals surface area contributed by atoms with Gasteiger partial charge in [-0.05, 0) is 30.3 Å². The highest BCUT2D eigenvalue weighted by atomic mass is 32.2. The lowest BCUT2D eigenvalue weighted by molar-refractivity contribution is 0.0600. The van der Waals surface area contributed by atoms with Crippen molar-refractivity contribution in [2.75, 3.05) is 18.9 Å². The summed E-state index contributed by atoms with van der Waals surface area (Å²) in [7, 11) is -1.29. The van der Waals surface area contributed by atoms with Crippen molar-refractivity contribution in [3.8, 4) is 23.2 Å². The van der Waals surface area contributed by atoms with Gasteiger partial charge in [0.2, 0.25) is 5.88 Å². The molecule has 1 heterocycles. The summed E-state index contributed by atoms with van der Waals surface area (Å²) in [6, 6.07) is 17.4. The van der Waals surface area contributed by atoms with E-state index in [-0.39, 0.29) is 27.7 Å². The molecule has 0 amide bonds. The number of rotatable bonds is 6. The topological polar surface area (TPSA) is 118 Å². The highest BCUT2D eigenvalue weighted by molar-refractivity contribution is 7.92. The SMILES string of the molecule is COC(=O)c1ccc(-c2nc(OC)c(C#N)cc2NS(=O)(=O)c2ccccc2)cc1. The average Bonchev–Trinajstić information content (AvgIpc) is 2.78. The van der Waals surface area contributed by atoms with Crippen molar-refractivity contribution in [1.82, 2.24) is 4.98 Å². The molecule has 0 bridgehead atoms. The van der Waals surface area contributed by atoms with E-state index in [2.05, 4.69) is 14.4 Å². The number of ether oxygens (including phenoxy) is 2. The standard InChI is InChI=1S/C21H17N3O5S/c1-28-20-16(13-22)12-18(24-30(26,27)17-6-4-3-5-7-17)19(23-20)14-8-10-15(11-9-14)21(25)29-2/h3-12,24H,1-2H3. The van der Waals surface area contributed by atoms with E-state index in [0.717, 1.165) is 0 Å². The summed E-state index contributed by atoms with van der Waals surface area (Å²) >= 11 is 0. The van der Waals surface area contributed by atoms with Crippen molar-refractivity contribution >= 4 is 21.7 Å². The molecule has 0 atom stereocenters. The van der Waals surface area contributed by atoms with E-state index < -0.39 is 16.0 Å². The Morgan fingerprint density at radius 2 is 1.73 bits per heavy atom. The van der Waals surface area contributed by atoms with Gasteiger partial charge in [-0.15, -0.1) is 0 Å². The fourth-order valence-electron chi connectivity index (χ4n) is 2.72. The van der Waals surface area contributed by atoms with Crippen LogP contribution in [0.4, 0.5) is 5.69 Å². The van der Waals surface area contributed by atoms with Gasteiger partial charge >= 0.3 is 5.97 Å². The number of pyridine rings is 1. The van der Waals surface area contributed by atoms with Gasteiger partial charge in [0.1, 0.15) is 11.6 Å². The minimum Gasteiger partial charge on any atom is -0.480 e. The van der Waals surface area contributed by atoms with Crippen molar-refractivity contribution in [2.45, 2.75) is 4.90 Å². The molecular formula is C21H17N3O5S. The minimum absolute atomic E-state index is 0.0483. The Hall–Kier alpha value is -3.90. The van der Waals surface area contributed by atoms with Gasteiger partial charge in [0.05, 0.1) is 36.1 Å². The summed E-state index contributed by atoms with van der Waals surface area (Å²) in [5, 5.41) is 9.38. The molecule has 2 aromatic carbocycles. The van der Waals surface area contributed by atoms with Gasteiger partial charge in [-0.25, -0.2) is 18.2 Å². The average molecular weight is 423 g/mol. The highest BCUT2D eigenvalue weighted by Gasteiger charge is 2.20. The number of hydrogen-bond donors (Lipinski definition) is 1. The molecule has 0 radical (unpaired) electrons. The number of nitrogens with zero attached hydrogens (tertiary/aromatic N) is 2. The van der Waals surface area contributed by atoms with E-state index in [0.29, 0.717) is 11.1 Å². The van der Waals surface area contributed by atoms with Crippen LogP contribution >= 0.6 is 0 Å². The molecule has 0 aliphatic heterocycles. The van der Waals surface area contributed by atoms with E-state index in [1.807, 2.05) is 6.07 Å². The maximum absolute atomic E-state index is 12.8. The third-order valence-corrected chi connectivity index (χ3v) is 5.56. The third kappa shape index (κ3) is 4.24. The van der Waals surface area contributed by atoms with Gasteiger partial charge in [0.25, 0.3) is 10.0 Å². The molecule has 1 aromatic heterocycles. The largest absolute Gasteiger partial charge is 0.480 e. The molecule has 0 saturated heterocycles. The first-order chi connectivity index (χ1) is 14.4. The predicted octanol–water partition coefficient (Wildman–Crippen LogP) is 3.22. The van der Waals surface area contributed by atoms with Crippen molar-refractivity contribution < 1.29 is 22.7 Å². The van der Waals surface area contributed by atoms with Gasteiger partial charge in [-0.1, -0.05) is 30.3 Å². The molecule has 0 fully saturated rings. The summed E-state index contributed by atoms with van der Waals surface area (Å²) in [4.78, 5) is 16.0. The smallest absolute Gasteiger partial charge is 0.337 e. The number of anilines is 1. The Morgan fingerprint density at radius 3 is 2.30 bits per heavy atom. The second kappa shape index (κ2) is 8.63. The normalized spacial score (nSPS) is 10.7. The van der Waals surface area contributed by atoms with Crippen LogP contribution in [-0.2, 0) is 14.8 Å². The van der Waals surface area contributed by atoms with Gasteiger partial charge in [0.15, 0.2) is 0 Å². The fraction of sp³-hybridized carbons (Fsp3) is 0.0952. The number of carbonyl (C=O) groups excluding carboxylic acids is 1. The van der Waals surface area contributed by atoms with Crippen LogP contribution in [-0.4, -0.2) is 33.6 Å². The van der Waals surface area contributed by atoms with E-state index >= 15 is 0 Å².